The zero-order valence-electron chi connectivity index (χ0n) is 12.4. The summed E-state index contributed by atoms with van der Waals surface area (Å²) in [5, 5.41) is 4.56. The fourth-order valence-corrected chi connectivity index (χ4v) is 2.60. The first-order valence-corrected chi connectivity index (χ1v) is 7.39. The molecule has 4 heteroatoms. The topological polar surface area (TPSA) is 38.1 Å². The van der Waals surface area contributed by atoms with Crippen LogP contribution in [0.2, 0.25) is 0 Å². The lowest BCUT2D eigenvalue weighted by Crippen LogP contribution is -2.31. The Balaban J connectivity index is 1.94. The molecular weight excluding hydrogens is 238 g/mol. The van der Waals surface area contributed by atoms with E-state index in [1.165, 1.54) is 17.7 Å². The van der Waals surface area contributed by atoms with Gasteiger partial charge in [0.25, 0.3) is 0 Å². The molecule has 0 spiro atoms. The first-order chi connectivity index (χ1) is 9.10. The Morgan fingerprint density at radius 2 is 2.37 bits per heavy atom. The summed E-state index contributed by atoms with van der Waals surface area (Å²) in [5.74, 6) is 0.898. The minimum absolute atomic E-state index is 0.154. The molecule has 1 aliphatic rings. The summed E-state index contributed by atoms with van der Waals surface area (Å²) in [4.78, 5) is 13.9. The first kappa shape index (κ1) is 14.1. The van der Waals surface area contributed by atoms with Crippen molar-refractivity contribution in [2.45, 2.75) is 52.5 Å². The molecule has 106 valence electrons. The monoisotopic (exact) mass is 263 g/mol. The Morgan fingerprint density at radius 3 is 3.11 bits per heavy atom. The van der Waals surface area contributed by atoms with E-state index in [-0.39, 0.29) is 5.91 Å². The van der Waals surface area contributed by atoms with Crippen LogP contribution in [0.5, 0.6) is 0 Å². The molecule has 1 heterocycles. The quantitative estimate of drug-likeness (QED) is 0.817. The SMILES string of the molecule is CCCCN(C)C(=O)Cn1cc2c(n1)CC[C@@H](C)C2. The number of nitrogens with zero attached hydrogens (tertiary/aromatic N) is 3. The Labute approximate surface area is 115 Å². The van der Waals surface area contributed by atoms with Gasteiger partial charge in [-0.05, 0) is 37.2 Å². The van der Waals surface area contributed by atoms with E-state index in [1.54, 1.807) is 0 Å². The second kappa shape index (κ2) is 6.22. The largest absolute Gasteiger partial charge is 0.344 e. The molecular formula is C15H25N3O. The van der Waals surface area contributed by atoms with Gasteiger partial charge in [0.1, 0.15) is 6.54 Å². The van der Waals surface area contributed by atoms with Crippen LogP contribution in [0, 0.1) is 5.92 Å². The van der Waals surface area contributed by atoms with Gasteiger partial charge in [-0.15, -0.1) is 0 Å². The maximum absolute atomic E-state index is 12.1. The average Bonchev–Trinajstić information content (AvgIpc) is 2.77. The number of hydrogen-bond donors (Lipinski definition) is 0. The van der Waals surface area contributed by atoms with Crippen LogP contribution in [0.15, 0.2) is 6.20 Å². The highest BCUT2D eigenvalue weighted by Crippen LogP contribution is 2.23. The van der Waals surface area contributed by atoms with Crippen molar-refractivity contribution in [2.24, 2.45) is 5.92 Å². The van der Waals surface area contributed by atoms with Gasteiger partial charge < -0.3 is 4.90 Å². The van der Waals surface area contributed by atoms with Crippen LogP contribution in [0.1, 0.15) is 44.4 Å². The van der Waals surface area contributed by atoms with Crippen molar-refractivity contribution in [2.75, 3.05) is 13.6 Å². The van der Waals surface area contributed by atoms with Gasteiger partial charge in [-0.2, -0.15) is 5.10 Å². The Morgan fingerprint density at radius 1 is 1.58 bits per heavy atom. The predicted molar refractivity (Wildman–Crippen MR) is 76.0 cm³/mol. The van der Waals surface area contributed by atoms with Gasteiger partial charge in [0.05, 0.1) is 5.69 Å². The highest BCUT2D eigenvalue weighted by molar-refractivity contribution is 5.75. The molecule has 1 aliphatic carbocycles. The van der Waals surface area contributed by atoms with Crippen LogP contribution in [0.4, 0.5) is 0 Å². The van der Waals surface area contributed by atoms with E-state index in [9.17, 15) is 4.79 Å². The molecule has 1 atom stereocenters. The van der Waals surface area contributed by atoms with Gasteiger partial charge in [-0.1, -0.05) is 20.3 Å². The molecule has 0 aliphatic heterocycles. The van der Waals surface area contributed by atoms with Crippen molar-refractivity contribution in [3.05, 3.63) is 17.5 Å². The fraction of sp³-hybridized carbons (Fsp3) is 0.733. The number of rotatable bonds is 5. The molecule has 0 N–H and O–H groups in total. The fourth-order valence-electron chi connectivity index (χ4n) is 2.60. The lowest BCUT2D eigenvalue weighted by atomic mass is 9.89. The second-order valence-electron chi connectivity index (χ2n) is 5.82. The standard InChI is InChI=1S/C15H25N3O/c1-4-5-8-17(3)15(19)11-18-10-13-9-12(2)6-7-14(13)16-18/h10,12H,4-9,11H2,1-3H3/t12-/m1/s1. The normalized spacial score (nSPS) is 18.2. The number of unbranched alkanes of at least 4 members (excludes halogenated alkanes) is 1. The number of carbonyl (C=O) groups is 1. The molecule has 0 saturated carbocycles. The maximum atomic E-state index is 12.1. The van der Waals surface area contributed by atoms with Crippen molar-refractivity contribution in [1.29, 1.82) is 0 Å². The van der Waals surface area contributed by atoms with Gasteiger partial charge in [0, 0.05) is 19.8 Å². The molecule has 1 aromatic rings. The van der Waals surface area contributed by atoms with Crippen LogP contribution < -0.4 is 0 Å². The van der Waals surface area contributed by atoms with Crippen LogP contribution in [-0.2, 0) is 24.2 Å². The number of amides is 1. The molecule has 2 rings (SSSR count). The first-order valence-electron chi connectivity index (χ1n) is 7.39. The van der Waals surface area contributed by atoms with E-state index in [0.717, 1.165) is 38.1 Å². The summed E-state index contributed by atoms with van der Waals surface area (Å²) in [6.07, 6.45) is 7.63. The molecule has 1 amide bonds. The minimum atomic E-state index is 0.154. The van der Waals surface area contributed by atoms with E-state index < -0.39 is 0 Å². The molecule has 0 aromatic carbocycles. The van der Waals surface area contributed by atoms with Crippen molar-refractivity contribution >= 4 is 5.91 Å². The third-order valence-corrected chi connectivity index (χ3v) is 3.94. The highest BCUT2D eigenvalue weighted by atomic mass is 16.2. The summed E-state index contributed by atoms with van der Waals surface area (Å²) in [6.45, 7) is 5.64. The molecule has 0 unspecified atom stereocenters. The average molecular weight is 263 g/mol. The number of carbonyl (C=O) groups excluding carboxylic acids is 1. The van der Waals surface area contributed by atoms with Gasteiger partial charge in [-0.25, -0.2) is 0 Å². The van der Waals surface area contributed by atoms with E-state index in [1.807, 2.05) is 16.6 Å². The number of fused-ring (bicyclic) bond motifs is 1. The minimum Gasteiger partial charge on any atom is -0.344 e. The van der Waals surface area contributed by atoms with Gasteiger partial charge in [0.2, 0.25) is 5.91 Å². The Kier molecular flexibility index (Phi) is 4.61. The van der Waals surface area contributed by atoms with Crippen molar-refractivity contribution in [1.82, 2.24) is 14.7 Å². The van der Waals surface area contributed by atoms with Gasteiger partial charge >= 0.3 is 0 Å². The van der Waals surface area contributed by atoms with E-state index in [2.05, 4.69) is 25.1 Å². The number of likely N-dealkylation sites (N-methyl/N-ethyl adjacent to an activating group) is 1. The van der Waals surface area contributed by atoms with Gasteiger partial charge in [-0.3, -0.25) is 9.48 Å². The van der Waals surface area contributed by atoms with E-state index in [0.29, 0.717) is 6.54 Å². The van der Waals surface area contributed by atoms with Crippen molar-refractivity contribution < 1.29 is 4.79 Å². The van der Waals surface area contributed by atoms with Crippen molar-refractivity contribution in [3.8, 4) is 0 Å². The molecule has 0 bridgehead atoms. The summed E-state index contributed by atoms with van der Waals surface area (Å²) in [7, 11) is 1.88. The smallest absolute Gasteiger partial charge is 0.244 e. The van der Waals surface area contributed by atoms with Crippen LogP contribution in [0.25, 0.3) is 0 Å². The summed E-state index contributed by atoms with van der Waals surface area (Å²) in [5.41, 5.74) is 2.53. The molecule has 1 aromatic heterocycles. The maximum Gasteiger partial charge on any atom is 0.244 e. The molecule has 0 radical (unpaired) electrons. The third kappa shape index (κ3) is 3.58. The number of aryl methyl sites for hydroxylation is 1. The third-order valence-electron chi connectivity index (χ3n) is 3.94. The zero-order chi connectivity index (χ0) is 13.8. The number of hydrogen-bond acceptors (Lipinski definition) is 2. The van der Waals surface area contributed by atoms with Crippen LogP contribution in [0.3, 0.4) is 0 Å². The molecule has 0 saturated heterocycles. The lowest BCUT2D eigenvalue weighted by molar-refractivity contribution is -0.130. The molecule has 4 nitrogen and oxygen atoms in total. The number of aromatic nitrogens is 2. The predicted octanol–water partition coefficient (Wildman–Crippen LogP) is 2.27. The highest BCUT2D eigenvalue weighted by Gasteiger charge is 2.19. The van der Waals surface area contributed by atoms with Gasteiger partial charge in [0.15, 0.2) is 0 Å². The second-order valence-corrected chi connectivity index (χ2v) is 5.82. The molecule has 0 fully saturated rings. The summed E-state index contributed by atoms with van der Waals surface area (Å²) < 4.78 is 1.83. The van der Waals surface area contributed by atoms with Crippen LogP contribution in [-0.4, -0.2) is 34.2 Å². The Bertz CT molecular complexity index is 439. The Hall–Kier alpha value is -1.32. The van der Waals surface area contributed by atoms with E-state index in [4.69, 9.17) is 0 Å². The zero-order valence-corrected chi connectivity index (χ0v) is 12.4. The summed E-state index contributed by atoms with van der Waals surface area (Å²) >= 11 is 0. The van der Waals surface area contributed by atoms with E-state index >= 15 is 0 Å². The molecule has 19 heavy (non-hydrogen) atoms. The van der Waals surface area contributed by atoms with Crippen molar-refractivity contribution in [3.63, 3.8) is 0 Å². The lowest BCUT2D eigenvalue weighted by Gasteiger charge is -2.16. The summed E-state index contributed by atoms with van der Waals surface area (Å²) in [6, 6.07) is 0. The van der Waals surface area contributed by atoms with Crippen LogP contribution >= 0.6 is 0 Å².